The summed E-state index contributed by atoms with van der Waals surface area (Å²) in [4.78, 5) is 11.4. The van der Waals surface area contributed by atoms with E-state index in [0.717, 1.165) is 0 Å². The van der Waals surface area contributed by atoms with E-state index in [1.807, 2.05) is 0 Å². The van der Waals surface area contributed by atoms with Gasteiger partial charge in [-0.3, -0.25) is 0 Å². The number of carbonyl (C=O) groups is 1. The molecule has 2 rings (SSSR count). The summed E-state index contributed by atoms with van der Waals surface area (Å²) < 4.78 is 16.1. The van der Waals surface area contributed by atoms with Crippen molar-refractivity contribution in [1.82, 2.24) is 5.32 Å². The molecule has 0 aromatic heterocycles. The summed E-state index contributed by atoms with van der Waals surface area (Å²) in [7, 11) is 0. The molecule has 2 aromatic rings. The van der Waals surface area contributed by atoms with Gasteiger partial charge < -0.3 is 19.5 Å². The SMILES string of the molecule is C=CCCOC(=O)NCCOc1ccc(Oc2cccc(Cl)c2)cc1Cl. The van der Waals surface area contributed by atoms with Crippen LogP contribution in [0.2, 0.25) is 10.0 Å². The first-order valence-corrected chi connectivity index (χ1v) is 8.71. The Kier molecular flexibility index (Phi) is 8.12. The van der Waals surface area contributed by atoms with Crippen LogP contribution >= 0.6 is 23.2 Å². The van der Waals surface area contributed by atoms with E-state index >= 15 is 0 Å². The van der Waals surface area contributed by atoms with Crippen LogP contribution in [0.3, 0.4) is 0 Å². The minimum atomic E-state index is -0.494. The molecule has 0 bridgehead atoms. The van der Waals surface area contributed by atoms with Crippen LogP contribution in [0.4, 0.5) is 4.79 Å². The van der Waals surface area contributed by atoms with Crippen molar-refractivity contribution < 1.29 is 19.0 Å². The molecule has 1 N–H and O–H groups in total. The third kappa shape index (κ3) is 6.86. The van der Waals surface area contributed by atoms with Crippen molar-refractivity contribution in [1.29, 1.82) is 0 Å². The second kappa shape index (κ2) is 10.6. The lowest BCUT2D eigenvalue weighted by molar-refractivity contribution is 0.146. The molecule has 0 atom stereocenters. The Morgan fingerprint density at radius 3 is 2.65 bits per heavy atom. The minimum absolute atomic E-state index is 0.255. The summed E-state index contributed by atoms with van der Waals surface area (Å²) in [6.45, 7) is 4.40. The van der Waals surface area contributed by atoms with E-state index in [1.54, 1.807) is 48.5 Å². The number of halogens is 2. The number of hydrogen-bond acceptors (Lipinski definition) is 4. The van der Waals surface area contributed by atoms with Gasteiger partial charge in [0.15, 0.2) is 0 Å². The van der Waals surface area contributed by atoms with Crippen LogP contribution in [0.5, 0.6) is 17.2 Å². The Hall–Kier alpha value is -2.37. The average molecular weight is 396 g/mol. The van der Waals surface area contributed by atoms with Gasteiger partial charge in [-0.15, -0.1) is 6.58 Å². The van der Waals surface area contributed by atoms with E-state index in [2.05, 4.69) is 11.9 Å². The van der Waals surface area contributed by atoms with Gasteiger partial charge in [0.1, 0.15) is 23.9 Å². The maximum Gasteiger partial charge on any atom is 0.407 e. The molecular weight excluding hydrogens is 377 g/mol. The van der Waals surface area contributed by atoms with E-state index in [0.29, 0.717) is 46.9 Å². The van der Waals surface area contributed by atoms with Gasteiger partial charge in [-0.2, -0.15) is 0 Å². The van der Waals surface area contributed by atoms with Gasteiger partial charge in [0.25, 0.3) is 0 Å². The molecule has 0 aliphatic rings. The van der Waals surface area contributed by atoms with Gasteiger partial charge in [-0.1, -0.05) is 35.3 Å². The molecule has 0 spiro atoms. The van der Waals surface area contributed by atoms with Gasteiger partial charge in [-0.25, -0.2) is 4.79 Å². The molecule has 0 fully saturated rings. The van der Waals surface area contributed by atoms with Crippen LogP contribution in [-0.4, -0.2) is 25.9 Å². The van der Waals surface area contributed by atoms with E-state index < -0.39 is 6.09 Å². The summed E-state index contributed by atoms with van der Waals surface area (Å²) in [5.41, 5.74) is 0. The fourth-order valence-electron chi connectivity index (χ4n) is 1.93. The molecule has 1 amide bonds. The second-order valence-electron chi connectivity index (χ2n) is 5.14. The monoisotopic (exact) mass is 395 g/mol. The number of nitrogens with one attached hydrogen (secondary N) is 1. The molecule has 0 heterocycles. The summed E-state index contributed by atoms with van der Waals surface area (Å²) in [5.74, 6) is 1.67. The minimum Gasteiger partial charge on any atom is -0.490 e. The Morgan fingerprint density at radius 1 is 1.12 bits per heavy atom. The highest BCUT2D eigenvalue weighted by Gasteiger charge is 2.06. The lowest BCUT2D eigenvalue weighted by Crippen LogP contribution is -2.28. The van der Waals surface area contributed by atoms with Crippen LogP contribution in [0.15, 0.2) is 55.1 Å². The van der Waals surface area contributed by atoms with E-state index in [9.17, 15) is 4.79 Å². The van der Waals surface area contributed by atoms with Crippen molar-refractivity contribution >= 4 is 29.3 Å². The zero-order valence-electron chi connectivity index (χ0n) is 14.0. The largest absolute Gasteiger partial charge is 0.490 e. The molecule has 0 aliphatic carbocycles. The summed E-state index contributed by atoms with van der Waals surface area (Å²) >= 11 is 12.1. The quantitative estimate of drug-likeness (QED) is 0.451. The van der Waals surface area contributed by atoms with Crippen molar-refractivity contribution in [2.24, 2.45) is 0 Å². The molecular formula is C19H19Cl2NO4. The molecule has 26 heavy (non-hydrogen) atoms. The van der Waals surface area contributed by atoms with Crippen molar-refractivity contribution in [3.05, 3.63) is 65.2 Å². The van der Waals surface area contributed by atoms with Crippen LogP contribution in [0.1, 0.15) is 6.42 Å². The van der Waals surface area contributed by atoms with Crippen molar-refractivity contribution in [3.63, 3.8) is 0 Å². The highest BCUT2D eigenvalue weighted by molar-refractivity contribution is 6.32. The van der Waals surface area contributed by atoms with Gasteiger partial charge in [0, 0.05) is 11.1 Å². The fourth-order valence-corrected chi connectivity index (χ4v) is 2.33. The Labute approximate surface area is 162 Å². The first-order valence-electron chi connectivity index (χ1n) is 7.96. The topological polar surface area (TPSA) is 56.8 Å². The fraction of sp³-hybridized carbons (Fsp3) is 0.211. The number of alkyl carbamates (subject to hydrolysis) is 1. The zero-order valence-corrected chi connectivity index (χ0v) is 15.6. The Balaban J connectivity index is 1.78. The zero-order chi connectivity index (χ0) is 18.8. The predicted molar refractivity (Wildman–Crippen MR) is 103 cm³/mol. The maximum atomic E-state index is 11.4. The molecule has 0 aliphatic heterocycles. The van der Waals surface area contributed by atoms with Gasteiger partial charge in [0.2, 0.25) is 0 Å². The normalized spacial score (nSPS) is 10.1. The Morgan fingerprint density at radius 2 is 1.92 bits per heavy atom. The third-order valence-electron chi connectivity index (χ3n) is 3.12. The molecule has 2 aromatic carbocycles. The first-order chi connectivity index (χ1) is 12.6. The van der Waals surface area contributed by atoms with E-state index in [4.69, 9.17) is 37.4 Å². The number of ether oxygens (including phenoxy) is 3. The number of benzene rings is 2. The molecule has 138 valence electrons. The lowest BCUT2D eigenvalue weighted by atomic mass is 10.3. The first kappa shape index (κ1) is 19.9. The molecule has 0 unspecified atom stereocenters. The maximum absolute atomic E-state index is 11.4. The average Bonchev–Trinajstić information content (AvgIpc) is 2.60. The van der Waals surface area contributed by atoms with Crippen LogP contribution in [-0.2, 0) is 4.74 Å². The Bertz CT molecular complexity index is 752. The lowest BCUT2D eigenvalue weighted by Gasteiger charge is -2.11. The van der Waals surface area contributed by atoms with Crippen molar-refractivity contribution in [2.75, 3.05) is 19.8 Å². The highest BCUT2D eigenvalue weighted by atomic mass is 35.5. The molecule has 5 nitrogen and oxygen atoms in total. The summed E-state index contributed by atoms with van der Waals surface area (Å²) in [5, 5.41) is 3.57. The molecule has 0 radical (unpaired) electrons. The van der Waals surface area contributed by atoms with E-state index in [1.165, 1.54) is 0 Å². The van der Waals surface area contributed by atoms with Crippen molar-refractivity contribution in [3.8, 4) is 17.2 Å². The summed E-state index contributed by atoms with van der Waals surface area (Å²) in [6, 6.07) is 12.1. The number of rotatable bonds is 9. The molecule has 7 heteroatoms. The smallest absolute Gasteiger partial charge is 0.407 e. The van der Waals surface area contributed by atoms with Gasteiger partial charge in [-0.05, 0) is 36.8 Å². The standard InChI is InChI=1S/C19H19Cl2NO4/c1-2-3-10-25-19(23)22-9-11-24-18-8-7-16(13-17(18)21)26-15-6-4-5-14(20)12-15/h2,4-8,12-13H,1,3,9-11H2,(H,22,23). The van der Waals surface area contributed by atoms with Crippen LogP contribution in [0, 0.1) is 0 Å². The van der Waals surface area contributed by atoms with Crippen LogP contribution in [0.25, 0.3) is 0 Å². The van der Waals surface area contributed by atoms with Gasteiger partial charge in [0.05, 0.1) is 18.2 Å². The molecule has 0 saturated carbocycles. The number of carbonyl (C=O) groups excluding carboxylic acids is 1. The van der Waals surface area contributed by atoms with Gasteiger partial charge >= 0.3 is 6.09 Å². The second-order valence-corrected chi connectivity index (χ2v) is 5.98. The van der Waals surface area contributed by atoms with Crippen LogP contribution < -0.4 is 14.8 Å². The number of hydrogen-bond donors (Lipinski definition) is 1. The van der Waals surface area contributed by atoms with Crippen molar-refractivity contribution in [2.45, 2.75) is 6.42 Å². The highest BCUT2D eigenvalue weighted by Crippen LogP contribution is 2.31. The molecule has 0 saturated heterocycles. The third-order valence-corrected chi connectivity index (χ3v) is 3.65. The van der Waals surface area contributed by atoms with E-state index in [-0.39, 0.29) is 6.61 Å². The number of amides is 1. The predicted octanol–water partition coefficient (Wildman–Crippen LogP) is 5.47. The summed E-state index contributed by atoms with van der Waals surface area (Å²) in [6.07, 6.45) is 1.80.